The smallest absolute Gasteiger partial charge is 0.255 e. The van der Waals surface area contributed by atoms with Crippen LogP contribution in [-0.2, 0) is 11.2 Å². The van der Waals surface area contributed by atoms with Gasteiger partial charge in [0.1, 0.15) is 16.6 Å². The molecule has 0 saturated carbocycles. The number of methoxy groups -OCH3 is 1. The van der Waals surface area contributed by atoms with Gasteiger partial charge in [-0.15, -0.1) is 11.3 Å². The SMILES string of the molecule is COc1ccc(NC(=O)c2ccc(NC(=O)Cc3csc(-c4ccc(F)cc4)n3)cc2)cc1. The van der Waals surface area contributed by atoms with Gasteiger partial charge in [-0.3, -0.25) is 9.59 Å². The van der Waals surface area contributed by atoms with E-state index in [1.165, 1.54) is 23.5 Å². The quantitative estimate of drug-likeness (QED) is 0.387. The lowest BCUT2D eigenvalue weighted by molar-refractivity contribution is -0.115. The van der Waals surface area contributed by atoms with Crippen LogP contribution < -0.4 is 15.4 Å². The summed E-state index contributed by atoms with van der Waals surface area (Å²) in [5, 5.41) is 8.15. The van der Waals surface area contributed by atoms with Gasteiger partial charge in [0.25, 0.3) is 5.91 Å². The van der Waals surface area contributed by atoms with Gasteiger partial charge in [-0.1, -0.05) is 0 Å². The second-order valence-corrected chi connectivity index (χ2v) is 7.99. The van der Waals surface area contributed by atoms with Crippen LogP contribution in [0.25, 0.3) is 10.6 Å². The molecule has 33 heavy (non-hydrogen) atoms. The molecule has 0 saturated heterocycles. The molecular formula is C25H20FN3O3S. The summed E-state index contributed by atoms with van der Waals surface area (Å²) in [6, 6.07) is 19.7. The van der Waals surface area contributed by atoms with E-state index in [0.717, 1.165) is 10.6 Å². The Hall–Kier alpha value is -4.04. The fraction of sp³-hybridized carbons (Fsp3) is 0.0800. The number of rotatable bonds is 7. The van der Waals surface area contributed by atoms with Crippen LogP contribution >= 0.6 is 11.3 Å². The summed E-state index contributed by atoms with van der Waals surface area (Å²) in [7, 11) is 1.58. The third-order valence-electron chi connectivity index (χ3n) is 4.76. The highest BCUT2D eigenvalue weighted by molar-refractivity contribution is 7.13. The molecule has 4 rings (SSSR count). The minimum absolute atomic E-state index is 0.109. The second kappa shape index (κ2) is 10.1. The van der Waals surface area contributed by atoms with Crippen LogP contribution in [0.4, 0.5) is 15.8 Å². The van der Waals surface area contributed by atoms with Crippen molar-refractivity contribution in [2.24, 2.45) is 0 Å². The van der Waals surface area contributed by atoms with E-state index < -0.39 is 0 Å². The van der Waals surface area contributed by atoms with Gasteiger partial charge in [0.15, 0.2) is 0 Å². The van der Waals surface area contributed by atoms with Crippen LogP contribution in [-0.4, -0.2) is 23.9 Å². The van der Waals surface area contributed by atoms with Gasteiger partial charge < -0.3 is 15.4 Å². The molecule has 166 valence electrons. The van der Waals surface area contributed by atoms with E-state index in [-0.39, 0.29) is 24.1 Å². The monoisotopic (exact) mass is 461 g/mol. The first-order chi connectivity index (χ1) is 16.0. The Kier molecular flexibility index (Phi) is 6.75. The molecule has 0 radical (unpaired) electrons. The zero-order valence-corrected chi connectivity index (χ0v) is 18.5. The Morgan fingerprint density at radius 1 is 0.909 bits per heavy atom. The Bertz CT molecular complexity index is 1250. The first-order valence-corrected chi connectivity index (χ1v) is 10.9. The topological polar surface area (TPSA) is 80.3 Å². The number of amides is 2. The van der Waals surface area contributed by atoms with Crippen LogP contribution in [0.1, 0.15) is 16.1 Å². The van der Waals surface area contributed by atoms with Crippen LogP contribution in [0, 0.1) is 5.82 Å². The Labute approximate surface area is 194 Å². The van der Waals surface area contributed by atoms with Crippen molar-refractivity contribution in [3.63, 3.8) is 0 Å². The molecule has 0 fully saturated rings. The summed E-state index contributed by atoms with van der Waals surface area (Å²) in [6.07, 6.45) is 0.109. The van der Waals surface area contributed by atoms with E-state index in [0.29, 0.717) is 28.4 Å². The van der Waals surface area contributed by atoms with Crippen molar-refractivity contribution in [2.75, 3.05) is 17.7 Å². The van der Waals surface area contributed by atoms with E-state index in [4.69, 9.17) is 4.74 Å². The molecule has 4 aromatic rings. The van der Waals surface area contributed by atoms with Crippen LogP contribution in [0.3, 0.4) is 0 Å². The molecule has 3 aromatic carbocycles. The van der Waals surface area contributed by atoms with Gasteiger partial charge in [0.05, 0.1) is 19.2 Å². The maximum absolute atomic E-state index is 13.1. The fourth-order valence-electron chi connectivity index (χ4n) is 3.07. The van der Waals surface area contributed by atoms with Gasteiger partial charge in [-0.05, 0) is 72.8 Å². The lowest BCUT2D eigenvalue weighted by atomic mass is 10.2. The molecule has 0 aliphatic rings. The van der Waals surface area contributed by atoms with Crippen molar-refractivity contribution in [1.82, 2.24) is 4.98 Å². The summed E-state index contributed by atoms with van der Waals surface area (Å²) in [5.74, 6) is -0.0770. The fourth-order valence-corrected chi connectivity index (χ4v) is 3.89. The molecule has 1 aromatic heterocycles. The number of thiazole rings is 1. The first kappa shape index (κ1) is 22.2. The molecular weight excluding hydrogens is 441 g/mol. The molecule has 6 nitrogen and oxygen atoms in total. The molecule has 0 spiro atoms. The average molecular weight is 462 g/mol. The van der Waals surface area contributed by atoms with Crippen molar-refractivity contribution < 1.29 is 18.7 Å². The van der Waals surface area contributed by atoms with Gasteiger partial charge in [0, 0.05) is 27.9 Å². The van der Waals surface area contributed by atoms with Crippen molar-refractivity contribution in [1.29, 1.82) is 0 Å². The largest absolute Gasteiger partial charge is 0.497 e. The predicted octanol–water partition coefficient (Wildman–Crippen LogP) is 5.39. The van der Waals surface area contributed by atoms with E-state index in [9.17, 15) is 14.0 Å². The zero-order valence-electron chi connectivity index (χ0n) is 17.7. The number of nitrogens with one attached hydrogen (secondary N) is 2. The van der Waals surface area contributed by atoms with E-state index >= 15 is 0 Å². The minimum Gasteiger partial charge on any atom is -0.497 e. The number of carbonyl (C=O) groups is 2. The van der Waals surface area contributed by atoms with E-state index in [1.807, 2.05) is 5.38 Å². The Balaban J connectivity index is 1.32. The highest BCUT2D eigenvalue weighted by Gasteiger charge is 2.11. The maximum Gasteiger partial charge on any atom is 0.255 e. The highest BCUT2D eigenvalue weighted by atomic mass is 32.1. The Morgan fingerprint density at radius 2 is 1.55 bits per heavy atom. The molecule has 8 heteroatoms. The highest BCUT2D eigenvalue weighted by Crippen LogP contribution is 2.24. The van der Waals surface area contributed by atoms with Crippen LogP contribution in [0.15, 0.2) is 78.2 Å². The number of hydrogen-bond acceptors (Lipinski definition) is 5. The summed E-state index contributed by atoms with van der Waals surface area (Å²) in [6.45, 7) is 0. The number of anilines is 2. The Morgan fingerprint density at radius 3 is 2.21 bits per heavy atom. The van der Waals surface area contributed by atoms with Crippen LogP contribution in [0.2, 0.25) is 0 Å². The molecule has 0 bridgehead atoms. The van der Waals surface area contributed by atoms with E-state index in [2.05, 4.69) is 15.6 Å². The molecule has 0 aliphatic heterocycles. The number of aromatic nitrogens is 1. The number of hydrogen-bond donors (Lipinski definition) is 2. The van der Waals surface area contributed by atoms with Crippen LogP contribution in [0.5, 0.6) is 5.75 Å². The molecule has 0 unspecified atom stereocenters. The van der Waals surface area contributed by atoms with Gasteiger partial charge >= 0.3 is 0 Å². The minimum atomic E-state index is -0.306. The third kappa shape index (κ3) is 5.81. The number of carbonyl (C=O) groups excluding carboxylic acids is 2. The normalized spacial score (nSPS) is 10.5. The molecule has 0 atom stereocenters. The second-order valence-electron chi connectivity index (χ2n) is 7.14. The number of halogens is 1. The lowest BCUT2D eigenvalue weighted by Crippen LogP contribution is -2.15. The molecule has 2 amide bonds. The van der Waals surface area contributed by atoms with Gasteiger partial charge in [-0.25, -0.2) is 9.37 Å². The van der Waals surface area contributed by atoms with Gasteiger partial charge in [0.2, 0.25) is 5.91 Å². The van der Waals surface area contributed by atoms with Gasteiger partial charge in [-0.2, -0.15) is 0 Å². The van der Waals surface area contributed by atoms with Crippen molar-refractivity contribution in [3.05, 3.63) is 95.3 Å². The van der Waals surface area contributed by atoms with E-state index in [1.54, 1.807) is 67.8 Å². The molecule has 0 aliphatic carbocycles. The summed E-state index contributed by atoms with van der Waals surface area (Å²) in [4.78, 5) is 29.3. The summed E-state index contributed by atoms with van der Waals surface area (Å²) >= 11 is 1.40. The zero-order chi connectivity index (χ0) is 23.2. The van der Waals surface area contributed by atoms with Crippen molar-refractivity contribution in [2.45, 2.75) is 6.42 Å². The standard InChI is InChI=1S/C25H20FN3O3S/c1-32-22-12-10-20(11-13-22)28-24(31)16-4-8-19(9-5-16)27-23(30)14-21-15-33-25(29-21)17-2-6-18(26)7-3-17/h2-13,15H,14H2,1H3,(H,27,30)(H,28,31). The average Bonchev–Trinajstić information content (AvgIpc) is 3.28. The maximum atomic E-state index is 13.1. The number of benzene rings is 3. The van der Waals surface area contributed by atoms with Crippen molar-refractivity contribution in [3.8, 4) is 16.3 Å². The lowest BCUT2D eigenvalue weighted by Gasteiger charge is -2.08. The molecule has 1 heterocycles. The first-order valence-electron chi connectivity index (χ1n) is 10.1. The third-order valence-corrected chi connectivity index (χ3v) is 5.70. The van der Waals surface area contributed by atoms with Crippen molar-refractivity contribution >= 4 is 34.5 Å². The summed E-state index contributed by atoms with van der Waals surface area (Å²) in [5.41, 5.74) is 3.13. The predicted molar refractivity (Wildman–Crippen MR) is 127 cm³/mol. The summed E-state index contributed by atoms with van der Waals surface area (Å²) < 4.78 is 18.2. The number of nitrogens with zero attached hydrogens (tertiary/aromatic N) is 1. The number of ether oxygens (including phenoxy) is 1. The molecule has 2 N–H and O–H groups in total.